The number of hydrogen-bond acceptors (Lipinski definition) is 4. The molecule has 22 heavy (non-hydrogen) atoms. The van der Waals surface area contributed by atoms with Crippen LogP contribution in [0.1, 0.15) is 11.1 Å². The zero-order chi connectivity index (χ0) is 15.9. The van der Waals surface area contributed by atoms with Gasteiger partial charge in [-0.15, -0.1) is 0 Å². The Morgan fingerprint density at radius 3 is 2.73 bits per heavy atom. The molecule has 0 radical (unpaired) electrons. The van der Waals surface area contributed by atoms with Gasteiger partial charge in [-0.2, -0.15) is 5.10 Å². The van der Waals surface area contributed by atoms with Crippen LogP contribution in [-0.4, -0.2) is 23.8 Å². The van der Waals surface area contributed by atoms with Crippen molar-refractivity contribution in [1.29, 1.82) is 0 Å². The molecule has 114 valence electrons. The number of hydrazone groups is 1. The number of nitrogens with zero attached hydrogens (tertiary/aromatic N) is 1. The SMILES string of the molecule is Cc1ccc(NCC(=O)N/N=C/c2cc(Cl)ccc2O)cc1. The molecular weight excluding hydrogens is 302 g/mol. The maximum atomic E-state index is 11.6. The van der Waals surface area contributed by atoms with Crippen molar-refractivity contribution in [3.05, 3.63) is 58.6 Å². The van der Waals surface area contributed by atoms with Gasteiger partial charge in [0.1, 0.15) is 5.75 Å². The van der Waals surface area contributed by atoms with Crippen molar-refractivity contribution in [3.8, 4) is 5.75 Å². The van der Waals surface area contributed by atoms with Crippen molar-refractivity contribution in [2.75, 3.05) is 11.9 Å². The molecule has 0 spiro atoms. The van der Waals surface area contributed by atoms with E-state index in [4.69, 9.17) is 11.6 Å². The van der Waals surface area contributed by atoms with E-state index in [1.165, 1.54) is 12.3 Å². The number of anilines is 1. The average molecular weight is 318 g/mol. The zero-order valence-corrected chi connectivity index (χ0v) is 12.8. The van der Waals surface area contributed by atoms with Gasteiger partial charge in [0.15, 0.2) is 0 Å². The molecule has 3 N–H and O–H groups in total. The van der Waals surface area contributed by atoms with Crippen LogP contribution in [0.15, 0.2) is 47.6 Å². The normalized spacial score (nSPS) is 10.6. The fourth-order valence-corrected chi connectivity index (χ4v) is 1.88. The summed E-state index contributed by atoms with van der Waals surface area (Å²) < 4.78 is 0. The van der Waals surface area contributed by atoms with E-state index < -0.39 is 0 Å². The third-order valence-corrected chi connectivity index (χ3v) is 3.12. The second kappa shape index (κ2) is 7.47. The third-order valence-electron chi connectivity index (χ3n) is 2.89. The lowest BCUT2D eigenvalue weighted by molar-refractivity contribution is -0.119. The van der Waals surface area contributed by atoms with Gasteiger partial charge in [0.25, 0.3) is 5.91 Å². The lowest BCUT2D eigenvalue weighted by Crippen LogP contribution is -2.25. The number of aryl methyl sites for hydroxylation is 1. The summed E-state index contributed by atoms with van der Waals surface area (Å²) in [6.45, 7) is 2.10. The summed E-state index contributed by atoms with van der Waals surface area (Å²) in [6, 6.07) is 12.3. The number of nitrogens with one attached hydrogen (secondary N) is 2. The molecule has 0 aliphatic heterocycles. The first kappa shape index (κ1) is 15.9. The van der Waals surface area contributed by atoms with Crippen LogP contribution in [0.3, 0.4) is 0 Å². The molecule has 6 heteroatoms. The number of aromatic hydroxyl groups is 1. The number of carbonyl (C=O) groups is 1. The number of carbonyl (C=O) groups excluding carboxylic acids is 1. The lowest BCUT2D eigenvalue weighted by atomic mass is 10.2. The Balaban J connectivity index is 1.83. The molecular formula is C16H16ClN3O2. The maximum absolute atomic E-state index is 11.6. The van der Waals surface area contributed by atoms with E-state index in [1.807, 2.05) is 31.2 Å². The molecule has 0 heterocycles. The largest absolute Gasteiger partial charge is 0.507 e. The first-order valence-corrected chi connectivity index (χ1v) is 7.03. The van der Waals surface area contributed by atoms with Crippen molar-refractivity contribution in [1.82, 2.24) is 5.43 Å². The molecule has 0 saturated carbocycles. The molecule has 0 aromatic heterocycles. The molecule has 0 aliphatic carbocycles. The predicted octanol–water partition coefficient (Wildman–Crippen LogP) is 2.92. The van der Waals surface area contributed by atoms with Crippen LogP contribution in [0, 0.1) is 6.92 Å². The maximum Gasteiger partial charge on any atom is 0.259 e. The highest BCUT2D eigenvalue weighted by molar-refractivity contribution is 6.30. The van der Waals surface area contributed by atoms with Crippen molar-refractivity contribution in [2.24, 2.45) is 5.10 Å². The smallest absolute Gasteiger partial charge is 0.259 e. The summed E-state index contributed by atoms with van der Waals surface area (Å²) in [5.74, 6) is -0.251. The van der Waals surface area contributed by atoms with Crippen LogP contribution in [0.5, 0.6) is 5.75 Å². The van der Waals surface area contributed by atoms with Gasteiger partial charge < -0.3 is 10.4 Å². The van der Waals surface area contributed by atoms with Gasteiger partial charge in [0, 0.05) is 16.3 Å². The Kier molecular flexibility index (Phi) is 5.38. The highest BCUT2D eigenvalue weighted by Gasteiger charge is 2.01. The van der Waals surface area contributed by atoms with E-state index in [0.717, 1.165) is 11.3 Å². The van der Waals surface area contributed by atoms with E-state index in [-0.39, 0.29) is 18.2 Å². The van der Waals surface area contributed by atoms with Crippen molar-refractivity contribution in [2.45, 2.75) is 6.92 Å². The molecule has 2 aromatic carbocycles. The summed E-state index contributed by atoms with van der Waals surface area (Å²) in [4.78, 5) is 11.6. The van der Waals surface area contributed by atoms with Gasteiger partial charge in [0.05, 0.1) is 12.8 Å². The average Bonchev–Trinajstić information content (AvgIpc) is 2.50. The summed E-state index contributed by atoms with van der Waals surface area (Å²) in [7, 11) is 0. The first-order chi connectivity index (χ1) is 10.5. The lowest BCUT2D eigenvalue weighted by Gasteiger charge is -2.05. The van der Waals surface area contributed by atoms with E-state index in [1.54, 1.807) is 12.1 Å². The number of amides is 1. The van der Waals surface area contributed by atoms with Gasteiger partial charge in [-0.3, -0.25) is 4.79 Å². The number of rotatable bonds is 5. The fraction of sp³-hybridized carbons (Fsp3) is 0.125. The minimum Gasteiger partial charge on any atom is -0.507 e. The Hall–Kier alpha value is -2.53. The van der Waals surface area contributed by atoms with Crippen LogP contribution in [-0.2, 0) is 4.79 Å². The Morgan fingerprint density at radius 1 is 1.27 bits per heavy atom. The van der Waals surface area contributed by atoms with Gasteiger partial charge in [-0.05, 0) is 37.3 Å². The van der Waals surface area contributed by atoms with Gasteiger partial charge in [-0.25, -0.2) is 5.43 Å². The second-order valence-corrected chi connectivity index (χ2v) is 5.15. The molecule has 2 rings (SSSR count). The summed E-state index contributed by atoms with van der Waals surface area (Å²) in [5, 5.41) is 16.8. The van der Waals surface area contributed by atoms with E-state index >= 15 is 0 Å². The standard InChI is InChI=1S/C16H16ClN3O2/c1-11-2-5-14(6-3-11)18-10-16(22)20-19-9-12-8-13(17)4-7-15(12)21/h2-9,18,21H,10H2,1H3,(H,20,22)/b19-9+. The van der Waals surface area contributed by atoms with Gasteiger partial charge in [0.2, 0.25) is 0 Å². The van der Waals surface area contributed by atoms with Gasteiger partial charge in [-0.1, -0.05) is 29.3 Å². The van der Waals surface area contributed by atoms with Crippen LogP contribution in [0.4, 0.5) is 5.69 Å². The number of phenols is 1. The van der Waals surface area contributed by atoms with Crippen molar-refractivity contribution >= 4 is 29.4 Å². The summed E-state index contributed by atoms with van der Waals surface area (Å²) in [5.41, 5.74) is 4.82. The molecule has 0 atom stereocenters. The molecule has 0 saturated heterocycles. The number of hydrogen-bond donors (Lipinski definition) is 3. The van der Waals surface area contributed by atoms with Crippen molar-refractivity contribution < 1.29 is 9.90 Å². The molecule has 2 aromatic rings. The van der Waals surface area contributed by atoms with Crippen molar-refractivity contribution in [3.63, 3.8) is 0 Å². The third kappa shape index (κ3) is 4.79. The Labute approximate surface area is 133 Å². The summed E-state index contributed by atoms with van der Waals surface area (Å²) >= 11 is 5.82. The molecule has 0 unspecified atom stereocenters. The first-order valence-electron chi connectivity index (χ1n) is 6.65. The number of benzene rings is 2. The molecule has 0 aliphatic rings. The molecule has 5 nitrogen and oxygen atoms in total. The Morgan fingerprint density at radius 2 is 2.00 bits per heavy atom. The molecule has 0 fully saturated rings. The number of halogens is 1. The minimum atomic E-state index is -0.293. The van der Waals surface area contributed by atoms with E-state index in [2.05, 4.69) is 15.8 Å². The monoisotopic (exact) mass is 317 g/mol. The summed E-state index contributed by atoms with van der Waals surface area (Å²) in [6.07, 6.45) is 1.34. The predicted molar refractivity (Wildman–Crippen MR) is 88.5 cm³/mol. The Bertz CT molecular complexity index is 684. The minimum absolute atomic E-state index is 0.0418. The van der Waals surface area contributed by atoms with Crippen LogP contribution in [0.2, 0.25) is 5.02 Å². The highest BCUT2D eigenvalue weighted by Crippen LogP contribution is 2.19. The second-order valence-electron chi connectivity index (χ2n) is 4.72. The zero-order valence-electron chi connectivity index (χ0n) is 12.0. The fourth-order valence-electron chi connectivity index (χ4n) is 1.70. The quantitative estimate of drug-likeness (QED) is 0.586. The molecule has 0 bridgehead atoms. The molecule has 1 amide bonds. The van der Waals surface area contributed by atoms with E-state index in [9.17, 15) is 9.90 Å². The van der Waals surface area contributed by atoms with Gasteiger partial charge >= 0.3 is 0 Å². The number of phenolic OH excluding ortho intramolecular Hbond substituents is 1. The van der Waals surface area contributed by atoms with Crippen LogP contribution in [0.25, 0.3) is 0 Å². The van der Waals surface area contributed by atoms with Crippen LogP contribution < -0.4 is 10.7 Å². The highest BCUT2D eigenvalue weighted by atomic mass is 35.5. The van der Waals surface area contributed by atoms with E-state index in [0.29, 0.717) is 10.6 Å². The van der Waals surface area contributed by atoms with Crippen LogP contribution >= 0.6 is 11.6 Å². The topological polar surface area (TPSA) is 73.7 Å².